The third kappa shape index (κ3) is 2.50. The molecule has 3 heteroatoms. The first-order valence-corrected chi connectivity index (χ1v) is 7.22. The fourth-order valence-corrected chi connectivity index (χ4v) is 2.90. The van der Waals surface area contributed by atoms with E-state index in [1.54, 1.807) is 0 Å². The smallest absolute Gasteiger partial charge is 0.0927 e. The molecule has 18 heavy (non-hydrogen) atoms. The van der Waals surface area contributed by atoms with Crippen LogP contribution in [0.25, 0.3) is 0 Å². The van der Waals surface area contributed by atoms with Gasteiger partial charge in [-0.2, -0.15) is 0 Å². The van der Waals surface area contributed by atoms with Gasteiger partial charge in [0.15, 0.2) is 0 Å². The first kappa shape index (κ1) is 13.3. The highest BCUT2D eigenvalue weighted by Crippen LogP contribution is 2.33. The van der Waals surface area contributed by atoms with E-state index in [9.17, 15) is 0 Å². The van der Waals surface area contributed by atoms with Crippen molar-refractivity contribution in [3.8, 4) is 0 Å². The van der Waals surface area contributed by atoms with Gasteiger partial charge in [-0.1, -0.05) is 51.3 Å². The zero-order valence-electron chi connectivity index (χ0n) is 11.9. The Bertz CT molecular complexity index is 400. The van der Waals surface area contributed by atoms with Gasteiger partial charge >= 0.3 is 0 Å². The Kier molecular flexibility index (Phi) is 4.20. The van der Waals surface area contributed by atoms with Crippen molar-refractivity contribution in [1.29, 1.82) is 0 Å². The minimum absolute atomic E-state index is 0.291. The summed E-state index contributed by atoms with van der Waals surface area (Å²) in [7, 11) is 0. The number of hydrogen-bond donors (Lipinski definition) is 0. The van der Waals surface area contributed by atoms with Crippen LogP contribution >= 0.6 is 0 Å². The van der Waals surface area contributed by atoms with Crippen molar-refractivity contribution in [3.63, 3.8) is 0 Å². The highest BCUT2D eigenvalue weighted by Gasteiger charge is 2.25. The fourth-order valence-electron chi connectivity index (χ4n) is 2.90. The van der Waals surface area contributed by atoms with Crippen LogP contribution < -0.4 is 0 Å². The molecule has 0 saturated heterocycles. The van der Waals surface area contributed by atoms with E-state index < -0.39 is 0 Å². The summed E-state index contributed by atoms with van der Waals surface area (Å²) in [5.74, 6) is 0.763. The highest BCUT2D eigenvalue weighted by molar-refractivity contribution is 5.22. The van der Waals surface area contributed by atoms with E-state index in [4.69, 9.17) is 0 Å². The van der Waals surface area contributed by atoms with Gasteiger partial charge in [0, 0.05) is 5.92 Å². The Balaban J connectivity index is 2.34. The second-order valence-corrected chi connectivity index (χ2v) is 5.78. The van der Waals surface area contributed by atoms with Crippen molar-refractivity contribution in [3.05, 3.63) is 24.0 Å². The van der Waals surface area contributed by atoms with Crippen LogP contribution in [0, 0.1) is 0 Å². The minimum atomic E-state index is 0.291. The summed E-state index contributed by atoms with van der Waals surface area (Å²) in [6, 6.07) is 0.564. The molecule has 100 valence electrons. The van der Waals surface area contributed by atoms with E-state index in [1.807, 2.05) is 6.08 Å². The van der Waals surface area contributed by atoms with Crippen LogP contribution in [-0.4, -0.2) is 15.0 Å². The molecule has 0 spiro atoms. The van der Waals surface area contributed by atoms with Gasteiger partial charge in [-0.15, -0.1) is 11.7 Å². The lowest BCUT2D eigenvalue weighted by molar-refractivity contribution is 0.314. The number of rotatable bonds is 4. The van der Waals surface area contributed by atoms with Gasteiger partial charge in [0.2, 0.25) is 0 Å². The highest BCUT2D eigenvalue weighted by atomic mass is 15.4. The van der Waals surface area contributed by atoms with E-state index in [0.29, 0.717) is 17.9 Å². The normalized spacial score (nSPS) is 19.1. The maximum Gasteiger partial charge on any atom is 0.0927 e. The number of aromatic nitrogens is 3. The zero-order chi connectivity index (χ0) is 13.1. The molecule has 2 rings (SSSR count). The quantitative estimate of drug-likeness (QED) is 0.747. The number of hydrogen-bond acceptors (Lipinski definition) is 2. The minimum Gasteiger partial charge on any atom is -0.246 e. The Morgan fingerprint density at radius 1 is 1.22 bits per heavy atom. The van der Waals surface area contributed by atoms with Crippen molar-refractivity contribution in [2.24, 2.45) is 0 Å². The van der Waals surface area contributed by atoms with Crippen LogP contribution in [0.4, 0.5) is 0 Å². The lowest BCUT2D eigenvalue weighted by atomic mass is 9.93. The molecule has 0 aromatic carbocycles. The van der Waals surface area contributed by atoms with E-state index in [0.717, 1.165) is 5.69 Å². The van der Waals surface area contributed by atoms with Crippen molar-refractivity contribution in [1.82, 2.24) is 15.0 Å². The molecule has 0 N–H and O–H groups in total. The first-order chi connectivity index (χ1) is 8.65. The van der Waals surface area contributed by atoms with Crippen molar-refractivity contribution in [2.45, 2.75) is 70.8 Å². The van der Waals surface area contributed by atoms with Crippen molar-refractivity contribution >= 4 is 0 Å². The second-order valence-electron chi connectivity index (χ2n) is 5.78. The lowest BCUT2D eigenvalue weighted by Gasteiger charge is -2.24. The molecule has 0 radical (unpaired) electrons. The molecule has 1 aromatic heterocycles. The second kappa shape index (κ2) is 5.68. The molecule has 1 atom stereocenters. The first-order valence-electron chi connectivity index (χ1n) is 7.22. The fraction of sp³-hybridized carbons (Fsp3) is 0.733. The molecule has 1 aromatic rings. The van der Waals surface area contributed by atoms with Crippen LogP contribution in [-0.2, 0) is 0 Å². The Morgan fingerprint density at radius 3 is 2.44 bits per heavy atom. The summed E-state index contributed by atoms with van der Waals surface area (Å²) in [4.78, 5) is 0. The molecule has 0 aliphatic heterocycles. The summed E-state index contributed by atoms with van der Waals surface area (Å²) in [6.45, 7) is 10.5. The summed E-state index contributed by atoms with van der Waals surface area (Å²) >= 11 is 0. The number of allylic oxidation sites excluding steroid dienone is 1. The molecule has 1 aliphatic rings. The van der Waals surface area contributed by atoms with E-state index in [-0.39, 0.29) is 0 Å². The third-order valence-corrected chi connectivity index (χ3v) is 4.01. The average molecular weight is 247 g/mol. The maximum absolute atomic E-state index is 4.45. The maximum atomic E-state index is 4.45. The molecule has 1 heterocycles. The summed E-state index contributed by atoms with van der Waals surface area (Å²) < 4.78 is 2.21. The predicted molar refractivity (Wildman–Crippen MR) is 74.8 cm³/mol. The van der Waals surface area contributed by atoms with Crippen LogP contribution in [0.5, 0.6) is 0 Å². The zero-order valence-corrected chi connectivity index (χ0v) is 11.9. The summed E-state index contributed by atoms with van der Waals surface area (Å²) in [5, 5.41) is 8.87. The predicted octanol–water partition coefficient (Wildman–Crippen LogP) is 4.20. The van der Waals surface area contributed by atoms with Gasteiger partial charge in [-0.25, -0.2) is 4.68 Å². The molecule has 1 saturated carbocycles. The van der Waals surface area contributed by atoms with Gasteiger partial charge in [0.25, 0.3) is 0 Å². The third-order valence-electron chi connectivity index (χ3n) is 4.01. The molecule has 0 amide bonds. The molecular weight excluding hydrogens is 222 g/mol. The largest absolute Gasteiger partial charge is 0.246 e. The Hall–Kier alpha value is -1.12. The monoisotopic (exact) mass is 247 g/mol. The van der Waals surface area contributed by atoms with Gasteiger partial charge < -0.3 is 0 Å². The lowest BCUT2D eigenvalue weighted by Crippen LogP contribution is -2.18. The van der Waals surface area contributed by atoms with Crippen LogP contribution in [0.3, 0.4) is 0 Å². The van der Waals surface area contributed by atoms with Crippen molar-refractivity contribution in [2.75, 3.05) is 0 Å². The standard InChI is InChI=1S/C15H25N3/c1-5-12(4)14-15(11(2)3)18(17-16-14)13-9-7-6-8-10-13/h5,11-13H,1,6-10H2,2-4H3. The SMILES string of the molecule is C=CC(C)c1nnn(C2CCCCC2)c1C(C)C. The van der Waals surface area contributed by atoms with E-state index in [1.165, 1.54) is 37.8 Å². The van der Waals surface area contributed by atoms with Gasteiger partial charge in [-0.05, 0) is 18.8 Å². The molecule has 1 fully saturated rings. The summed E-state index contributed by atoms with van der Waals surface area (Å²) in [5.41, 5.74) is 2.43. The van der Waals surface area contributed by atoms with Gasteiger partial charge in [0.1, 0.15) is 0 Å². The molecule has 0 bridgehead atoms. The molecule has 3 nitrogen and oxygen atoms in total. The van der Waals surface area contributed by atoms with Gasteiger partial charge in [-0.3, -0.25) is 0 Å². The molecule has 1 unspecified atom stereocenters. The van der Waals surface area contributed by atoms with Crippen LogP contribution in [0.2, 0.25) is 0 Å². The van der Waals surface area contributed by atoms with E-state index >= 15 is 0 Å². The average Bonchev–Trinajstić information content (AvgIpc) is 2.83. The van der Waals surface area contributed by atoms with Gasteiger partial charge in [0.05, 0.1) is 17.4 Å². The van der Waals surface area contributed by atoms with Crippen LogP contribution in [0.15, 0.2) is 12.7 Å². The number of nitrogens with zero attached hydrogens (tertiary/aromatic N) is 3. The Morgan fingerprint density at radius 2 is 1.89 bits per heavy atom. The van der Waals surface area contributed by atoms with Crippen molar-refractivity contribution < 1.29 is 0 Å². The topological polar surface area (TPSA) is 30.7 Å². The Labute approximate surface area is 110 Å². The molecule has 1 aliphatic carbocycles. The summed E-state index contributed by atoms with van der Waals surface area (Å²) in [6.07, 6.45) is 8.50. The van der Waals surface area contributed by atoms with Crippen LogP contribution in [0.1, 0.15) is 82.1 Å². The van der Waals surface area contributed by atoms with E-state index in [2.05, 4.69) is 42.3 Å². The molecular formula is C15H25N3.